The molecular weight excluding hydrogens is 350 g/mol. The topological polar surface area (TPSA) is 98.2 Å². The molecule has 0 atom stereocenters. The number of nitrogens with two attached hydrogens (primary N) is 1. The van der Waals surface area contributed by atoms with Crippen molar-refractivity contribution in [2.75, 3.05) is 18.9 Å². The Morgan fingerprint density at radius 1 is 1.27 bits per heavy atom. The zero-order chi connectivity index (χ0) is 18.7. The minimum atomic E-state index is -0.497. The summed E-state index contributed by atoms with van der Waals surface area (Å²) in [5, 5.41) is 10.3. The number of fused-ring (bicyclic) bond motifs is 1. The number of nitriles is 1. The largest absolute Gasteiger partial charge is 0.477 e. The summed E-state index contributed by atoms with van der Waals surface area (Å²) in [7, 11) is 0. The highest BCUT2D eigenvalue weighted by molar-refractivity contribution is 7.21. The first-order valence-corrected chi connectivity index (χ1v) is 8.95. The maximum absolute atomic E-state index is 12.2. The molecule has 0 saturated carbocycles. The summed E-state index contributed by atoms with van der Waals surface area (Å²) in [5.41, 5.74) is 8.26. The van der Waals surface area contributed by atoms with Crippen molar-refractivity contribution in [3.8, 4) is 23.1 Å². The van der Waals surface area contributed by atoms with Crippen LogP contribution in [-0.4, -0.2) is 24.2 Å². The summed E-state index contributed by atoms with van der Waals surface area (Å²) >= 11 is 1.14. The third kappa shape index (κ3) is 2.95. The van der Waals surface area contributed by atoms with E-state index < -0.39 is 5.97 Å². The number of hydrogen-bond donors (Lipinski definition) is 1. The second-order valence-corrected chi connectivity index (χ2v) is 6.32. The van der Waals surface area contributed by atoms with Crippen LogP contribution in [0.1, 0.15) is 29.1 Å². The lowest BCUT2D eigenvalue weighted by Gasteiger charge is -2.11. The number of nitrogens with zero attached hydrogens (tertiary/aromatic N) is 2. The Morgan fingerprint density at radius 3 is 2.62 bits per heavy atom. The highest BCUT2D eigenvalue weighted by Crippen LogP contribution is 2.43. The molecule has 2 aromatic heterocycles. The van der Waals surface area contributed by atoms with Crippen LogP contribution in [0.4, 0.5) is 5.69 Å². The Bertz CT molecular complexity index is 1010. The number of carbonyl (C=O) groups excluding carboxylic acids is 1. The minimum absolute atomic E-state index is 0.234. The van der Waals surface area contributed by atoms with Crippen LogP contribution in [0.3, 0.4) is 0 Å². The maximum atomic E-state index is 12.2. The Morgan fingerprint density at radius 2 is 2.00 bits per heavy atom. The second-order valence-electron chi connectivity index (χ2n) is 5.32. The number of pyridine rings is 1. The zero-order valence-corrected chi connectivity index (χ0v) is 15.2. The van der Waals surface area contributed by atoms with Crippen LogP contribution in [0.15, 0.2) is 30.3 Å². The molecule has 0 aliphatic heterocycles. The van der Waals surface area contributed by atoms with Crippen molar-refractivity contribution in [1.82, 2.24) is 4.98 Å². The van der Waals surface area contributed by atoms with Crippen molar-refractivity contribution in [2.24, 2.45) is 0 Å². The molecular formula is C19H17N3O3S. The lowest BCUT2D eigenvalue weighted by molar-refractivity contribution is 0.0533. The highest BCUT2D eigenvalue weighted by atomic mass is 32.1. The molecule has 0 unspecified atom stereocenters. The summed E-state index contributed by atoms with van der Waals surface area (Å²) in [6.45, 7) is 4.17. The summed E-state index contributed by atoms with van der Waals surface area (Å²) in [5.74, 6) is -0.263. The number of carbonyl (C=O) groups is 1. The van der Waals surface area contributed by atoms with E-state index in [1.54, 1.807) is 6.92 Å². The van der Waals surface area contributed by atoms with Crippen molar-refractivity contribution in [3.63, 3.8) is 0 Å². The molecule has 3 rings (SSSR count). The van der Waals surface area contributed by atoms with Gasteiger partial charge in [0.05, 0.1) is 18.9 Å². The minimum Gasteiger partial charge on any atom is -0.477 e. The van der Waals surface area contributed by atoms with E-state index in [0.29, 0.717) is 28.0 Å². The molecule has 1 aromatic carbocycles. The van der Waals surface area contributed by atoms with Gasteiger partial charge in [-0.1, -0.05) is 30.3 Å². The van der Waals surface area contributed by atoms with Crippen LogP contribution in [0.2, 0.25) is 0 Å². The first-order valence-electron chi connectivity index (χ1n) is 8.13. The van der Waals surface area contributed by atoms with Crippen LogP contribution >= 0.6 is 11.3 Å². The van der Waals surface area contributed by atoms with Gasteiger partial charge in [-0.25, -0.2) is 9.78 Å². The number of hydrogen-bond acceptors (Lipinski definition) is 7. The van der Waals surface area contributed by atoms with E-state index in [9.17, 15) is 10.1 Å². The van der Waals surface area contributed by atoms with Crippen LogP contribution in [0, 0.1) is 11.3 Å². The van der Waals surface area contributed by atoms with Gasteiger partial charge in [-0.05, 0) is 19.4 Å². The maximum Gasteiger partial charge on any atom is 0.350 e. The molecule has 0 spiro atoms. The molecule has 0 bridgehead atoms. The summed E-state index contributed by atoms with van der Waals surface area (Å²) in [6, 6.07) is 11.6. The van der Waals surface area contributed by atoms with Crippen molar-refractivity contribution >= 4 is 33.2 Å². The normalized spacial score (nSPS) is 10.5. The number of ether oxygens (including phenoxy) is 2. The van der Waals surface area contributed by atoms with Crippen molar-refractivity contribution in [2.45, 2.75) is 13.8 Å². The quantitative estimate of drug-likeness (QED) is 0.685. The molecule has 6 nitrogen and oxygen atoms in total. The predicted molar refractivity (Wildman–Crippen MR) is 101 cm³/mol. The third-order valence-electron chi connectivity index (χ3n) is 3.76. The van der Waals surface area contributed by atoms with Crippen LogP contribution < -0.4 is 10.5 Å². The number of benzene rings is 1. The van der Waals surface area contributed by atoms with Gasteiger partial charge in [0.2, 0.25) is 5.88 Å². The van der Waals surface area contributed by atoms with E-state index in [2.05, 4.69) is 11.1 Å². The number of thiophene rings is 1. The number of aromatic nitrogens is 1. The molecule has 0 aliphatic rings. The average molecular weight is 367 g/mol. The summed E-state index contributed by atoms with van der Waals surface area (Å²) in [6.07, 6.45) is 0. The molecule has 3 aromatic rings. The van der Waals surface area contributed by atoms with Crippen molar-refractivity contribution in [3.05, 3.63) is 40.8 Å². The van der Waals surface area contributed by atoms with E-state index in [1.807, 2.05) is 37.3 Å². The first kappa shape index (κ1) is 17.7. The summed E-state index contributed by atoms with van der Waals surface area (Å²) < 4.78 is 10.7. The Labute approximate surface area is 154 Å². The smallest absolute Gasteiger partial charge is 0.350 e. The molecule has 26 heavy (non-hydrogen) atoms. The molecule has 2 heterocycles. The van der Waals surface area contributed by atoms with Gasteiger partial charge in [-0.3, -0.25) is 0 Å². The van der Waals surface area contributed by atoms with Crippen molar-refractivity contribution in [1.29, 1.82) is 5.26 Å². The number of rotatable bonds is 5. The van der Waals surface area contributed by atoms with E-state index in [0.717, 1.165) is 16.9 Å². The van der Waals surface area contributed by atoms with Gasteiger partial charge in [0.25, 0.3) is 0 Å². The van der Waals surface area contributed by atoms with Gasteiger partial charge in [0.1, 0.15) is 21.3 Å². The first-order chi connectivity index (χ1) is 12.6. The molecule has 0 saturated heterocycles. The number of nitrogen functional groups attached to an aromatic ring is 1. The number of esters is 1. The van der Waals surface area contributed by atoms with Crippen LogP contribution in [-0.2, 0) is 4.74 Å². The lowest BCUT2D eigenvalue weighted by atomic mass is 9.97. The predicted octanol–water partition coefficient (Wildman–Crippen LogP) is 3.99. The Balaban J connectivity index is 2.40. The second kappa shape index (κ2) is 7.42. The highest BCUT2D eigenvalue weighted by Gasteiger charge is 2.25. The molecule has 0 fully saturated rings. The lowest BCUT2D eigenvalue weighted by Crippen LogP contribution is -2.05. The molecule has 0 amide bonds. The molecule has 2 N–H and O–H groups in total. The fourth-order valence-electron chi connectivity index (χ4n) is 2.72. The van der Waals surface area contributed by atoms with Gasteiger partial charge >= 0.3 is 5.97 Å². The molecule has 7 heteroatoms. The van der Waals surface area contributed by atoms with Crippen molar-refractivity contribution < 1.29 is 14.3 Å². The SMILES string of the molecule is CCOC(=O)c1sc2nc(OCC)c(C#N)c(-c3ccccc3)c2c1N. The molecule has 0 radical (unpaired) electrons. The van der Waals surface area contributed by atoms with Gasteiger partial charge < -0.3 is 15.2 Å². The van der Waals surface area contributed by atoms with Gasteiger partial charge in [0.15, 0.2) is 0 Å². The number of anilines is 1. The Hall–Kier alpha value is -3.11. The monoisotopic (exact) mass is 367 g/mol. The molecule has 132 valence electrons. The van der Waals surface area contributed by atoms with Gasteiger partial charge in [-0.15, -0.1) is 11.3 Å². The van der Waals surface area contributed by atoms with Crippen LogP contribution in [0.25, 0.3) is 21.3 Å². The van der Waals surface area contributed by atoms with Crippen LogP contribution in [0.5, 0.6) is 5.88 Å². The molecule has 0 aliphatic carbocycles. The van der Waals surface area contributed by atoms with Gasteiger partial charge in [-0.2, -0.15) is 5.26 Å². The van der Waals surface area contributed by atoms with E-state index in [-0.39, 0.29) is 23.1 Å². The van der Waals surface area contributed by atoms with E-state index in [1.165, 1.54) is 0 Å². The van der Waals surface area contributed by atoms with E-state index >= 15 is 0 Å². The average Bonchev–Trinajstić information content (AvgIpc) is 2.98. The summed E-state index contributed by atoms with van der Waals surface area (Å²) in [4.78, 5) is 17.5. The Kier molecular flexibility index (Phi) is 5.05. The zero-order valence-electron chi connectivity index (χ0n) is 14.4. The fourth-order valence-corrected chi connectivity index (χ4v) is 3.71. The standard InChI is InChI=1S/C19H17N3O3S/c1-3-24-17-12(10-20)13(11-8-6-5-7-9-11)14-15(21)16(19(23)25-4-2)26-18(14)22-17/h5-9H,3-4,21H2,1-2H3. The third-order valence-corrected chi connectivity index (χ3v) is 4.84. The van der Waals surface area contributed by atoms with Gasteiger partial charge in [0, 0.05) is 10.9 Å². The fraction of sp³-hybridized carbons (Fsp3) is 0.211. The van der Waals surface area contributed by atoms with E-state index in [4.69, 9.17) is 15.2 Å².